The van der Waals surface area contributed by atoms with Gasteiger partial charge in [0.05, 0.1) is 18.7 Å². The summed E-state index contributed by atoms with van der Waals surface area (Å²) < 4.78 is 5.60. The number of amides is 2. The quantitative estimate of drug-likeness (QED) is 0.349. The number of ether oxygens (including phenoxy) is 1. The van der Waals surface area contributed by atoms with Gasteiger partial charge in [0.1, 0.15) is 17.3 Å². The third kappa shape index (κ3) is 6.67. The molecule has 2 amide bonds. The van der Waals surface area contributed by atoms with Crippen LogP contribution in [0.25, 0.3) is 0 Å². The number of hydrogen-bond acceptors (Lipinski definition) is 7. The SMILES string of the molecule is C=CCC1CN(C2CCCCC2)C(=NC(=C)Nc2ccc(C(=O)N[C@H]3CCNC3)cc2OC)/C(=C\N)N(C)C1=O. The smallest absolute Gasteiger partial charge is 0.251 e. The maximum absolute atomic E-state index is 13.3. The third-order valence-corrected chi connectivity index (χ3v) is 7.96. The number of benzene rings is 1. The highest BCUT2D eigenvalue weighted by atomic mass is 16.5. The average molecular weight is 550 g/mol. The molecule has 1 aromatic carbocycles. The fourth-order valence-corrected chi connectivity index (χ4v) is 5.78. The van der Waals surface area contributed by atoms with E-state index in [-0.39, 0.29) is 29.8 Å². The van der Waals surface area contributed by atoms with Gasteiger partial charge >= 0.3 is 0 Å². The molecule has 2 atom stereocenters. The van der Waals surface area contributed by atoms with E-state index in [9.17, 15) is 9.59 Å². The molecule has 0 aromatic heterocycles. The molecule has 0 radical (unpaired) electrons. The molecule has 2 heterocycles. The summed E-state index contributed by atoms with van der Waals surface area (Å²) in [5.74, 6) is 1.09. The van der Waals surface area contributed by atoms with E-state index in [1.54, 1.807) is 43.3 Å². The molecule has 0 spiro atoms. The Hall–Kier alpha value is -3.79. The Labute approximate surface area is 237 Å². The highest BCUT2D eigenvalue weighted by molar-refractivity contribution is 6.04. The number of carbonyl (C=O) groups excluding carboxylic acids is 2. The minimum Gasteiger partial charge on any atom is -0.495 e. The molecular formula is C30H43N7O3. The zero-order chi connectivity index (χ0) is 28.6. The lowest BCUT2D eigenvalue weighted by atomic mass is 9.93. The average Bonchev–Trinajstić information content (AvgIpc) is 3.45. The lowest BCUT2D eigenvalue weighted by Gasteiger charge is -2.37. The predicted molar refractivity (Wildman–Crippen MR) is 159 cm³/mol. The topological polar surface area (TPSA) is 124 Å². The van der Waals surface area contributed by atoms with Crippen molar-refractivity contribution in [2.45, 2.75) is 57.0 Å². The third-order valence-electron chi connectivity index (χ3n) is 7.96. The van der Waals surface area contributed by atoms with Crippen LogP contribution in [0.3, 0.4) is 0 Å². The van der Waals surface area contributed by atoms with E-state index in [1.807, 2.05) is 0 Å². The second-order valence-electron chi connectivity index (χ2n) is 10.7. The first-order valence-corrected chi connectivity index (χ1v) is 14.2. The molecule has 1 aliphatic carbocycles. The van der Waals surface area contributed by atoms with Gasteiger partial charge in [0.15, 0.2) is 5.84 Å². The van der Waals surface area contributed by atoms with Crippen LogP contribution >= 0.6 is 0 Å². The maximum atomic E-state index is 13.3. The Morgan fingerprint density at radius 3 is 2.70 bits per heavy atom. The van der Waals surface area contributed by atoms with Gasteiger partial charge < -0.3 is 36.2 Å². The molecule has 1 unspecified atom stereocenters. The van der Waals surface area contributed by atoms with Crippen LogP contribution in [0.2, 0.25) is 0 Å². The minimum atomic E-state index is -0.243. The Balaban J connectivity index is 1.60. The molecule has 0 bridgehead atoms. The zero-order valence-electron chi connectivity index (χ0n) is 23.7. The number of allylic oxidation sites excluding steroid dienone is 1. The second-order valence-corrected chi connectivity index (χ2v) is 10.7. The number of anilines is 1. The molecular weight excluding hydrogens is 506 g/mol. The van der Waals surface area contributed by atoms with Gasteiger partial charge in [0, 0.05) is 44.0 Å². The van der Waals surface area contributed by atoms with Crippen LogP contribution in [0, 0.1) is 5.92 Å². The number of amidine groups is 1. The lowest BCUT2D eigenvalue weighted by Crippen LogP contribution is -2.44. The molecule has 1 aromatic rings. The van der Waals surface area contributed by atoms with E-state index >= 15 is 0 Å². The van der Waals surface area contributed by atoms with Crippen molar-refractivity contribution in [2.24, 2.45) is 16.6 Å². The monoisotopic (exact) mass is 549 g/mol. The minimum absolute atomic E-state index is 0.00917. The van der Waals surface area contributed by atoms with Crippen molar-refractivity contribution in [3.63, 3.8) is 0 Å². The number of nitrogens with two attached hydrogens (primary N) is 1. The van der Waals surface area contributed by atoms with Crippen LogP contribution in [0.1, 0.15) is 55.3 Å². The first-order chi connectivity index (χ1) is 19.4. The normalized spacial score (nSPS) is 24.2. The number of nitrogens with one attached hydrogen (secondary N) is 3. The summed E-state index contributed by atoms with van der Waals surface area (Å²) in [7, 11) is 3.30. The summed E-state index contributed by atoms with van der Waals surface area (Å²) in [5, 5.41) is 9.54. The highest BCUT2D eigenvalue weighted by Gasteiger charge is 2.37. The van der Waals surface area contributed by atoms with Gasteiger partial charge in [-0.05, 0) is 50.4 Å². The molecule has 10 heteroatoms. The maximum Gasteiger partial charge on any atom is 0.251 e. The largest absolute Gasteiger partial charge is 0.495 e. The fourth-order valence-electron chi connectivity index (χ4n) is 5.78. The highest BCUT2D eigenvalue weighted by Crippen LogP contribution is 2.31. The van der Waals surface area contributed by atoms with Crippen LogP contribution in [0.15, 0.2) is 60.1 Å². The van der Waals surface area contributed by atoms with Gasteiger partial charge in [0.2, 0.25) is 5.91 Å². The van der Waals surface area contributed by atoms with Gasteiger partial charge in [-0.3, -0.25) is 9.59 Å². The number of nitrogens with zero attached hydrogens (tertiary/aromatic N) is 3. The summed E-state index contributed by atoms with van der Waals surface area (Å²) in [4.78, 5) is 34.9. The van der Waals surface area contributed by atoms with Crippen LogP contribution in [-0.4, -0.2) is 73.3 Å². The molecule has 216 valence electrons. The van der Waals surface area contributed by atoms with Crippen LogP contribution in [0.4, 0.5) is 5.69 Å². The standard InChI is InChI=1S/C30H43N7O3/c1-5-9-22-19-37(24-10-7-6-8-11-24)28(26(17-31)36(3)30(22)39)34-20(2)33-25-13-12-21(16-27(25)40-4)29(38)35-23-14-15-32-18-23/h5,12-13,16-17,22-24,32-33H,1-2,6-11,14-15,18-19,31H2,3-4H3,(H,35,38)/b26-17+,34-28?/t22?,23-/m0/s1. The van der Waals surface area contributed by atoms with Crippen LogP contribution in [0.5, 0.6) is 5.75 Å². The van der Waals surface area contributed by atoms with Crippen molar-refractivity contribution in [2.75, 3.05) is 39.1 Å². The molecule has 3 aliphatic rings. The van der Waals surface area contributed by atoms with Gasteiger partial charge in [-0.1, -0.05) is 31.9 Å². The Morgan fingerprint density at radius 2 is 2.05 bits per heavy atom. The number of rotatable bonds is 9. The van der Waals surface area contributed by atoms with Crippen molar-refractivity contribution in [1.29, 1.82) is 0 Å². The van der Waals surface area contributed by atoms with E-state index in [0.29, 0.717) is 47.3 Å². The van der Waals surface area contributed by atoms with E-state index in [2.05, 4.69) is 34.0 Å². The van der Waals surface area contributed by atoms with Gasteiger partial charge in [-0.2, -0.15) is 0 Å². The molecule has 10 nitrogen and oxygen atoms in total. The first-order valence-electron chi connectivity index (χ1n) is 14.2. The number of hydrogen-bond donors (Lipinski definition) is 4. The van der Waals surface area contributed by atoms with E-state index in [0.717, 1.165) is 45.2 Å². The summed E-state index contributed by atoms with van der Waals surface area (Å²) in [6, 6.07) is 5.62. The van der Waals surface area contributed by atoms with E-state index in [1.165, 1.54) is 12.6 Å². The van der Waals surface area contributed by atoms with E-state index in [4.69, 9.17) is 15.5 Å². The van der Waals surface area contributed by atoms with Crippen molar-refractivity contribution < 1.29 is 14.3 Å². The molecule has 2 aliphatic heterocycles. The molecule has 5 N–H and O–H groups in total. The Bertz CT molecular complexity index is 1170. The first kappa shape index (κ1) is 29.2. The number of methoxy groups -OCH3 is 1. The molecule has 1 saturated carbocycles. The number of likely N-dealkylation sites (N-methyl/N-ethyl adjacent to an activating group) is 1. The van der Waals surface area contributed by atoms with E-state index < -0.39 is 0 Å². The Morgan fingerprint density at radius 1 is 1.27 bits per heavy atom. The van der Waals surface area contributed by atoms with Gasteiger partial charge in [0.25, 0.3) is 5.91 Å². The van der Waals surface area contributed by atoms with Crippen molar-refractivity contribution in [3.05, 3.63) is 60.7 Å². The summed E-state index contributed by atoms with van der Waals surface area (Å²) in [6.07, 6.45) is 10.3. The van der Waals surface area contributed by atoms with Crippen molar-refractivity contribution >= 4 is 23.3 Å². The van der Waals surface area contributed by atoms with Crippen molar-refractivity contribution in [3.8, 4) is 5.75 Å². The van der Waals surface area contributed by atoms with Crippen LogP contribution < -0.4 is 26.4 Å². The summed E-state index contributed by atoms with van der Waals surface area (Å²) in [6.45, 7) is 10.3. The number of aliphatic imine (C=N–C) groups is 1. The predicted octanol–water partition coefficient (Wildman–Crippen LogP) is 3.17. The van der Waals surface area contributed by atoms with Gasteiger partial charge in [-0.15, -0.1) is 6.58 Å². The second kappa shape index (κ2) is 13.5. The molecule has 40 heavy (non-hydrogen) atoms. The number of carbonyl (C=O) groups is 2. The molecule has 3 fully saturated rings. The molecule has 4 rings (SSSR count). The fraction of sp³-hybridized carbons (Fsp3) is 0.500. The summed E-state index contributed by atoms with van der Waals surface area (Å²) in [5.41, 5.74) is 7.80. The lowest BCUT2D eigenvalue weighted by molar-refractivity contribution is -0.131. The van der Waals surface area contributed by atoms with Crippen LogP contribution in [-0.2, 0) is 4.79 Å². The zero-order valence-corrected chi connectivity index (χ0v) is 23.7. The van der Waals surface area contributed by atoms with Gasteiger partial charge in [-0.25, -0.2) is 4.99 Å². The summed E-state index contributed by atoms with van der Waals surface area (Å²) >= 11 is 0. The Kier molecular flexibility index (Phi) is 9.87. The molecule has 2 saturated heterocycles. The van der Waals surface area contributed by atoms with Crippen molar-refractivity contribution in [1.82, 2.24) is 20.4 Å².